The third kappa shape index (κ3) is 1.67. The number of aromatic nitrogens is 2. The van der Waals surface area contributed by atoms with Crippen LogP contribution in [-0.2, 0) is 6.42 Å². The molecule has 0 aliphatic rings. The van der Waals surface area contributed by atoms with E-state index in [0.29, 0.717) is 11.6 Å². The molecule has 2 rings (SSSR count). The van der Waals surface area contributed by atoms with Gasteiger partial charge in [0.05, 0.1) is 16.6 Å². The Morgan fingerprint density at radius 1 is 1.69 bits per heavy atom. The molecule has 0 saturated carbocycles. The van der Waals surface area contributed by atoms with Crippen LogP contribution in [0.1, 0.15) is 5.01 Å². The number of thiazole rings is 1. The second kappa shape index (κ2) is 3.53. The lowest BCUT2D eigenvalue weighted by Crippen LogP contribution is -1.80. The first-order chi connectivity index (χ1) is 6.40. The third-order valence-corrected chi connectivity index (χ3v) is 2.24. The lowest BCUT2D eigenvalue weighted by molar-refractivity contribution is 0.572. The summed E-state index contributed by atoms with van der Waals surface area (Å²) in [7, 11) is 0. The van der Waals surface area contributed by atoms with Gasteiger partial charge in [-0.2, -0.15) is 0 Å². The van der Waals surface area contributed by atoms with Crippen LogP contribution in [0.2, 0.25) is 0 Å². The highest BCUT2D eigenvalue weighted by molar-refractivity contribution is 7.09. The summed E-state index contributed by atoms with van der Waals surface area (Å²) < 4.78 is 5.09. The molecule has 1 radical (unpaired) electrons. The van der Waals surface area contributed by atoms with Crippen molar-refractivity contribution in [1.29, 1.82) is 0 Å². The van der Waals surface area contributed by atoms with Crippen LogP contribution in [-0.4, -0.2) is 9.97 Å². The Morgan fingerprint density at radius 2 is 2.62 bits per heavy atom. The van der Waals surface area contributed by atoms with Crippen LogP contribution < -0.4 is 0 Å². The van der Waals surface area contributed by atoms with Gasteiger partial charge >= 0.3 is 0 Å². The normalized spacial score (nSPS) is 10.2. The highest BCUT2D eigenvalue weighted by atomic mass is 32.1. The highest BCUT2D eigenvalue weighted by Crippen LogP contribution is 2.19. The molecule has 3 nitrogen and oxygen atoms in total. The minimum absolute atomic E-state index is 0.520. The number of hydrogen-bond acceptors (Lipinski definition) is 4. The fourth-order valence-electron chi connectivity index (χ4n) is 0.920. The molecule has 2 aromatic rings. The number of rotatable bonds is 3. The predicted molar refractivity (Wildman–Crippen MR) is 50.3 cm³/mol. The average Bonchev–Trinajstić information content (AvgIpc) is 2.70. The third-order valence-electron chi connectivity index (χ3n) is 1.46. The molecule has 0 bridgehead atoms. The smallest absolute Gasteiger partial charge is 0.246 e. The molecule has 0 aliphatic heterocycles. The summed E-state index contributed by atoms with van der Waals surface area (Å²) in [6, 6.07) is 0. The molecule has 13 heavy (non-hydrogen) atoms. The van der Waals surface area contributed by atoms with Gasteiger partial charge in [0.2, 0.25) is 5.89 Å². The molecule has 0 aliphatic carbocycles. The summed E-state index contributed by atoms with van der Waals surface area (Å²) in [6.45, 7) is 3.64. The van der Waals surface area contributed by atoms with E-state index in [1.54, 1.807) is 6.20 Å². The second-order valence-corrected chi connectivity index (χ2v) is 3.27. The van der Waals surface area contributed by atoms with Gasteiger partial charge in [-0.15, -0.1) is 17.9 Å². The van der Waals surface area contributed by atoms with E-state index in [1.165, 1.54) is 17.6 Å². The number of allylic oxidation sites excluding steroid dienone is 1. The Labute approximate surface area is 79.8 Å². The van der Waals surface area contributed by atoms with Crippen LogP contribution in [0.5, 0.6) is 0 Å². The van der Waals surface area contributed by atoms with E-state index in [0.717, 1.165) is 11.4 Å². The van der Waals surface area contributed by atoms with Crippen molar-refractivity contribution >= 4 is 11.3 Å². The van der Waals surface area contributed by atoms with Crippen molar-refractivity contribution in [3.05, 3.63) is 35.5 Å². The van der Waals surface area contributed by atoms with E-state index < -0.39 is 0 Å². The fourth-order valence-corrected chi connectivity index (χ4v) is 1.61. The molecule has 0 fully saturated rings. The van der Waals surface area contributed by atoms with Crippen LogP contribution in [0, 0.1) is 5.38 Å². The van der Waals surface area contributed by atoms with Crippen LogP contribution in [0.25, 0.3) is 11.6 Å². The van der Waals surface area contributed by atoms with Gasteiger partial charge in [0.25, 0.3) is 0 Å². The van der Waals surface area contributed by atoms with Gasteiger partial charge in [0, 0.05) is 6.42 Å². The Morgan fingerprint density at radius 3 is 3.31 bits per heavy atom. The van der Waals surface area contributed by atoms with Gasteiger partial charge in [-0.1, -0.05) is 6.08 Å². The zero-order chi connectivity index (χ0) is 9.10. The van der Waals surface area contributed by atoms with E-state index in [2.05, 4.69) is 21.9 Å². The van der Waals surface area contributed by atoms with E-state index in [-0.39, 0.29) is 0 Å². The van der Waals surface area contributed by atoms with Crippen molar-refractivity contribution in [2.24, 2.45) is 0 Å². The van der Waals surface area contributed by atoms with E-state index >= 15 is 0 Å². The monoisotopic (exact) mass is 191 g/mol. The van der Waals surface area contributed by atoms with Crippen LogP contribution in [0.4, 0.5) is 0 Å². The van der Waals surface area contributed by atoms with E-state index in [9.17, 15) is 0 Å². The molecule has 65 valence electrons. The van der Waals surface area contributed by atoms with Crippen molar-refractivity contribution in [3.8, 4) is 11.6 Å². The number of oxazole rings is 1. The van der Waals surface area contributed by atoms with Crippen LogP contribution in [0.15, 0.2) is 29.5 Å². The quantitative estimate of drug-likeness (QED) is 0.699. The van der Waals surface area contributed by atoms with E-state index in [1.807, 2.05) is 6.08 Å². The highest BCUT2D eigenvalue weighted by Gasteiger charge is 2.07. The Bertz CT molecular complexity index is 391. The zero-order valence-electron chi connectivity index (χ0n) is 6.86. The van der Waals surface area contributed by atoms with Gasteiger partial charge < -0.3 is 4.42 Å². The van der Waals surface area contributed by atoms with Gasteiger partial charge in [-0.25, -0.2) is 9.97 Å². The summed E-state index contributed by atoms with van der Waals surface area (Å²) in [4.78, 5) is 8.26. The first-order valence-electron chi connectivity index (χ1n) is 3.78. The summed E-state index contributed by atoms with van der Waals surface area (Å²) in [5.74, 6) is 0.520. The van der Waals surface area contributed by atoms with Crippen molar-refractivity contribution in [1.82, 2.24) is 9.97 Å². The fraction of sp³-hybridized carbons (Fsp3) is 0.111. The van der Waals surface area contributed by atoms with Gasteiger partial charge in [0.1, 0.15) is 12.0 Å². The summed E-state index contributed by atoms with van der Waals surface area (Å²) in [6.07, 6.45) is 5.69. The minimum atomic E-state index is 0.520. The molecule has 0 aromatic carbocycles. The van der Waals surface area contributed by atoms with Gasteiger partial charge in [-0.3, -0.25) is 0 Å². The Kier molecular flexibility index (Phi) is 2.23. The molecule has 0 N–H and O–H groups in total. The molecule has 2 aromatic heterocycles. The largest absolute Gasteiger partial charge is 0.443 e. The van der Waals surface area contributed by atoms with Crippen LogP contribution in [0.3, 0.4) is 0 Å². The summed E-state index contributed by atoms with van der Waals surface area (Å²) >= 11 is 1.46. The van der Waals surface area contributed by atoms with Crippen LogP contribution >= 0.6 is 11.3 Å². The molecule has 2 heterocycles. The minimum Gasteiger partial charge on any atom is -0.443 e. The maximum Gasteiger partial charge on any atom is 0.246 e. The number of hydrogen-bond donors (Lipinski definition) is 0. The van der Waals surface area contributed by atoms with E-state index in [4.69, 9.17) is 4.42 Å². The molecule has 0 spiro atoms. The predicted octanol–water partition coefficient (Wildman–Crippen LogP) is 2.33. The maximum absolute atomic E-state index is 5.09. The Hall–Kier alpha value is -1.42. The van der Waals surface area contributed by atoms with Crippen molar-refractivity contribution < 1.29 is 4.42 Å². The molecular weight excluding hydrogens is 184 g/mol. The lowest BCUT2D eigenvalue weighted by Gasteiger charge is -1.85. The SMILES string of the molecule is C=CCc1nc(-c2ncco2)[c]s1. The first-order valence-corrected chi connectivity index (χ1v) is 4.60. The first kappa shape index (κ1) is 8.19. The molecule has 4 heteroatoms. The lowest BCUT2D eigenvalue weighted by atomic mass is 10.4. The molecular formula is C9H7N2OS. The van der Waals surface area contributed by atoms with Gasteiger partial charge in [-0.05, 0) is 0 Å². The maximum atomic E-state index is 5.09. The molecule has 0 amide bonds. The summed E-state index contributed by atoms with van der Waals surface area (Å²) in [5, 5.41) is 3.99. The molecule has 0 unspecified atom stereocenters. The topological polar surface area (TPSA) is 38.9 Å². The number of nitrogens with zero attached hydrogens (tertiary/aromatic N) is 2. The second-order valence-electron chi connectivity index (χ2n) is 2.39. The zero-order valence-corrected chi connectivity index (χ0v) is 7.67. The molecule has 0 atom stereocenters. The summed E-state index contributed by atoms with van der Waals surface area (Å²) in [5.41, 5.74) is 0.673. The van der Waals surface area contributed by atoms with Crippen molar-refractivity contribution in [2.75, 3.05) is 0 Å². The average molecular weight is 191 g/mol. The van der Waals surface area contributed by atoms with Crippen molar-refractivity contribution in [2.45, 2.75) is 6.42 Å². The standard InChI is InChI=1S/C9H7N2OS/c1-2-3-8-11-7(6-13-8)9-10-4-5-12-9/h2,4-5H,1,3H2. The van der Waals surface area contributed by atoms with Gasteiger partial charge in [0.15, 0.2) is 0 Å². The van der Waals surface area contributed by atoms with Crippen molar-refractivity contribution in [3.63, 3.8) is 0 Å². The Balaban J connectivity index is 2.28. The molecule has 0 saturated heterocycles.